The second kappa shape index (κ2) is 48.1. The SMILES string of the molecule is C=C=C=C=C=C=C=C=C=C=C=C=C=C=C=C=C=C=C=C=C=C.CCOC(=O)N1CCC(N)CC1.CCOC(=O)N1CCC(Nc2ncc([N+](=O)[O-])cc2[N+](=O)[O-])CC1.O=[N+]([O-])c1cnc(Cl)c([N+](=O)[O-])c1.[B]B([B])B(B([B])[B])B(B(B([B])[B])B([B])[B])B(B([B])[B])B([B])[B]. The van der Waals surface area contributed by atoms with Crippen LogP contribution < -0.4 is 11.1 Å². The first kappa shape index (κ1) is 84.3. The predicted octanol–water partition coefficient (Wildman–Crippen LogP) is -0.425. The van der Waals surface area contributed by atoms with Gasteiger partial charge in [-0.05, 0) is 144 Å². The van der Waals surface area contributed by atoms with Crippen molar-refractivity contribution in [2.45, 2.75) is 51.6 Å². The van der Waals surface area contributed by atoms with Crippen LogP contribution in [0.2, 0.25) is 5.15 Å². The largest absolute Gasteiger partial charge is 0.450 e. The summed E-state index contributed by atoms with van der Waals surface area (Å²) in [6.07, 6.45) is -4.19. The summed E-state index contributed by atoms with van der Waals surface area (Å²) in [5, 5.41) is 44.8. The molecule has 2 saturated heterocycles. The van der Waals surface area contributed by atoms with Crippen LogP contribution in [0.5, 0.6) is 0 Å². The number of nitro groups is 4. The van der Waals surface area contributed by atoms with Crippen molar-refractivity contribution in [2.75, 3.05) is 44.7 Å². The fourth-order valence-corrected chi connectivity index (χ4v) is 8.20. The molecule has 2 amide bonds. The topological polar surface area (TPSA) is 295 Å². The summed E-state index contributed by atoms with van der Waals surface area (Å²) in [6, 6.07) is 1.78. The number of carbonyl (C=O) groups excluding carboxylic acids is 2. The van der Waals surface area contributed by atoms with Gasteiger partial charge in [0.1, 0.15) is 12.4 Å². The van der Waals surface area contributed by atoms with Gasteiger partial charge in [-0.3, -0.25) is 40.5 Å². The number of nitrogens with two attached hydrogens (primary N) is 1. The van der Waals surface area contributed by atoms with Gasteiger partial charge in [0.25, 0.3) is 11.4 Å². The molecule has 426 valence electrons. The maximum Gasteiger partial charge on any atom is 0.409 e. The number of carbonyl (C=O) groups is 2. The first-order valence-corrected chi connectivity index (χ1v) is 27.6. The van der Waals surface area contributed by atoms with Gasteiger partial charge in [-0.15, -0.1) is 0 Å². The summed E-state index contributed by atoms with van der Waals surface area (Å²) in [4.78, 5) is 72.4. The first-order valence-electron chi connectivity index (χ1n) is 27.2. The van der Waals surface area contributed by atoms with Crippen molar-refractivity contribution >= 4 is 209 Å². The number of aromatic nitrogens is 2. The third kappa shape index (κ3) is 34.5. The van der Waals surface area contributed by atoms with Crippen LogP contribution in [0.1, 0.15) is 39.5 Å². The molecule has 0 saturated carbocycles. The zero-order valence-corrected chi connectivity index (χ0v) is 51.3. The van der Waals surface area contributed by atoms with Crippen molar-refractivity contribution < 1.29 is 38.8 Å². The van der Waals surface area contributed by atoms with Crippen LogP contribution in [-0.4, -0.2) is 260 Å². The molecule has 2 aliphatic rings. The number of likely N-dealkylation sites (tertiary alicyclic amines) is 2. The number of ether oxygens (including phenoxy) is 2. The molecule has 45 heteroatoms. The summed E-state index contributed by atoms with van der Waals surface area (Å²) >= 11 is 5.32. The molecule has 0 atom stereocenters. The van der Waals surface area contributed by atoms with E-state index in [9.17, 15) is 50.0 Å². The van der Waals surface area contributed by atoms with Crippen LogP contribution in [0.25, 0.3) is 0 Å². The first-order chi connectivity index (χ1) is 44.0. The Bertz CT molecular complexity index is 3570. The average Bonchev–Trinajstić information content (AvgIpc) is 0.830. The van der Waals surface area contributed by atoms with E-state index in [1.54, 1.807) is 16.7 Å². The highest BCUT2D eigenvalue weighted by Crippen LogP contribution is 2.29. The second-order valence-electron chi connectivity index (χ2n) is 18.6. The number of nitrogens with one attached hydrogen (secondary N) is 1. The highest BCUT2D eigenvalue weighted by atomic mass is 35.5. The Morgan fingerprint density at radius 1 is 0.527 bits per heavy atom. The number of hydrogen-bond donors (Lipinski definition) is 2. The van der Waals surface area contributed by atoms with Crippen molar-refractivity contribution in [3.63, 3.8) is 0 Å². The Morgan fingerprint density at radius 3 is 1.10 bits per heavy atom. The Balaban J connectivity index is 0.00000116. The van der Waals surface area contributed by atoms with Gasteiger partial charge < -0.3 is 30.3 Å². The molecule has 0 aliphatic carbocycles. The standard InChI is InChI=1S/C22H4.C13H17N5O6.C8H16N2O2.C5H2ClN3O4.B22/c1-3-5-7-9-11-13-15-17-19-21-22-20-18-16-14-12-10-8-6-4-2;1-2-24-13(19)16-5-3-9(4-6-16)15-12-11(18(22)23)7-10(8-14-12)17(20)21;1-2-12-8(11)10-5-3-7(9)4-6-10;6-5-4(9(12)13)1-3(2-7-5)8(10)11;1-13(2)19(14(3)4)22(20(15(5)6)16(7)8)21(17(9)10)18(11)12/h1-2H2;7-9H,2-6H2,1H3,(H,14,15);7H,2-6,9H2,1H3;1-2H;. The molecule has 4 heterocycles. The van der Waals surface area contributed by atoms with Gasteiger partial charge in [0.2, 0.25) is 11.0 Å². The molecule has 24 radical (unpaired) electrons. The lowest BCUT2D eigenvalue weighted by Crippen LogP contribution is -2.83. The molecule has 0 unspecified atom stereocenters. The van der Waals surface area contributed by atoms with Crippen LogP contribution in [0.4, 0.5) is 38.2 Å². The number of amides is 2. The van der Waals surface area contributed by atoms with E-state index in [2.05, 4.69) is 143 Å². The van der Waals surface area contributed by atoms with Crippen LogP contribution in [-0.2, 0) is 9.47 Å². The molecule has 2 aromatic rings. The van der Waals surface area contributed by atoms with Gasteiger partial charge in [0.15, 0.2) is 0 Å². The number of halogens is 1. The summed E-state index contributed by atoms with van der Waals surface area (Å²) < 4.78 is 9.78. The van der Waals surface area contributed by atoms with E-state index >= 15 is 0 Å². The maximum absolute atomic E-state index is 11.6. The van der Waals surface area contributed by atoms with E-state index < -0.39 is 106 Å². The van der Waals surface area contributed by atoms with Crippen LogP contribution in [0.15, 0.2) is 152 Å². The smallest absolute Gasteiger partial charge is 0.409 e. The molecule has 2 fully saturated rings. The zero-order chi connectivity index (χ0) is 70.6. The monoisotopic (exact) mass is 1220 g/mol. The van der Waals surface area contributed by atoms with Crippen molar-refractivity contribution in [3.05, 3.63) is 198 Å². The number of anilines is 1. The third-order valence-corrected chi connectivity index (χ3v) is 12.4. The Kier molecular flexibility index (Phi) is 43.6. The maximum atomic E-state index is 11.6. The fraction of sp³-hybridized carbons (Fsp3) is 0.292. The molecule has 93 heavy (non-hydrogen) atoms. The van der Waals surface area contributed by atoms with E-state index in [1.165, 1.54) is 0 Å². The quantitative estimate of drug-likeness (QED) is 0.0668. The summed E-state index contributed by atoms with van der Waals surface area (Å²) in [7, 11) is 69.7. The molecule has 0 aromatic carbocycles. The van der Waals surface area contributed by atoms with Crippen LogP contribution in [0, 0.1) is 40.5 Å². The molecule has 22 nitrogen and oxygen atoms in total. The number of hydrogen-bond acceptors (Lipinski definition) is 16. The number of rotatable bonds is 17. The second-order valence-corrected chi connectivity index (χ2v) is 19.0. The zero-order valence-electron chi connectivity index (χ0n) is 50.6. The van der Waals surface area contributed by atoms with Crippen molar-refractivity contribution in [3.8, 4) is 0 Å². The van der Waals surface area contributed by atoms with Crippen LogP contribution >= 0.6 is 11.6 Å². The van der Waals surface area contributed by atoms with Gasteiger partial charge in [-0.1, -0.05) is 23.1 Å². The van der Waals surface area contributed by atoms with E-state index in [-0.39, 0.29) is 35.2 Å². The molecule has 3 N–H and O–H groups in total. The third-order valence-electron chi connectivity index (χ3n) is 12.1. The lowest BCUT2D eigenvalue weighted by molar-refractivity contribution is -0.394. The molecule has 2 aromatic heterocycles. The van der Waals surface area contributed by atoms with E-state index in [0.29, 0.717) is 39.1 Å². The Labute approximate surface area is 564 Å². The average molecular weight is 1220 g/mol. The number of piperidine rings is 2. The van der Waals surface area contributed by atoms with Crippen LogP contribution in [0.3, 0.4) is 0 Å². The Hall–Kier alpha value is -8.74. The molecule has 0 bridgehead atoms. The lowest BCUT2D eigenvalue weighted by Gasteiger charge is -2.45. The lowest BCUT2D eigenvalue weighted by atomic mass is 8.36. The molecule has 4 rings (SSSR count). The minimum Gasteiger partial charge on any atom is -0.450 e. The van der Waals surface area contributed by atoms with Gasteiger partial charge >= 0.3 is 23.6 Å². The molecule has 2 aliphatic heterocycles. The van der Waals surface area contributed by atoms with E-state index in [4.69, 9.17) is 120 Å². The minimum absolute atomic E-state index is 0.0137. The fourth-order valence-electron chi connectivity index (χ4n) is 8.03. The summed E-state index contributed by atoms with van der Waals surface area (Å²) in [6.45, 7) is 13.3. The van der Waals surface area contributed by atoms with Gasteiger partial charge in [0.05, 0.1) is 45.0 Å². The van der Waals surface area contributed by atoms with Crippen molar-refractivity contribution in [2.24, 2.45) is 5.73 Å². The predicted molar refractivity (Wildman–Crippen MR) is 379 cm³/mol. The minimum atomic E-state index is -0.926. The number of pyridine rings is 2. The highest BCUT2D eigenvalue weighted by Gasteiger charge is 2.47. The van der Waals surface area contributed by atoms with Gasteiger partial charge in [-0.2, -0.15) is 0 Å². The normalized spacial score (nSPS) is 10.8. The van der Waals surface area contributed by atoms with Crippen molar-refractivity contribution in [1.29, 1.82) is 0 Å². The van der Waals surface area contributed by atoms with Gasteiger partial charge in [-0.25, -0.2) is 19.6 Å². The van der Waals surface area contributed by atoms with Gasteiger partial charge in [0, 0.05) is 206 Å². The van der Waals surface area contributed by atoms with Crippen molar-refractivity contribution in [1.82, 2.24) is 19.8 Å². The highest BCUT2D eigenvalue weighted by molar-refractivity contribution is 8.22. The van der Waals surface area contributed by atoms with E-state index in [1.807, 2.05) is 6.92 Å². The summed E-state index contributed by atoms with van der Waals surface area (Å²) in [5.74, 6) is -0.0137. The molecule has 0 spiro atoms. The Morgan fingerprint density at radius 2 is 0.817 bits per heavy atom. The summed E-state index contributed by atoms with van der Waals surface area (Å²) in [5.41, 5.74) is 53.2. The molecular formula is C48H39B22ClN10O12. The number of nitrogens with zero attached hydrogens (tertiary/aromatic N) is 8. The van der Waals surface area contributed by atoms with E-state index in [0.717, 1.165) is 50.5 Å². The molecular weight excluding hydrogens is 1180 g/mol.